The summed E-state index contributed by atoms with van der Waals surface area (Å²) in [4.78, 5) is 17.6. The molecule has 0 N–H and O–H groups in total. The minimum atomic E-state index is -4.49. The zero-order valence-corrected chi connectivity index (χ0v) is 15.7. The predicted molar refractivity (Wildman–Crippen MR) is 94.7 cm³/mol. The van der Waals surface area contributed by atoms with Crippen molar-refractivity contribution in [3.8, 4) is 5.82 Å². The first kappa shape index (κ1) is 18.6. The predicted octanol–water partition coefficient (Wildman–Crippen LogP) is 1.91. The normalized spacial score (nSPS) is 24.4. The van der Waals surface area contributed by atoms with Crippen molar-refractivity contribution < 1.29 is 22.7 Å². The SMILES string of the molecule is O=C(N1CCN2CCC1CC2)n1nc(-n2cc(C(F)(F)F)cn2)c2c1CCOC2. The summed E-state index contributed by atoms with van der Waals surface area (Å²) in [5.74, 6) is 0.214. The molecule has 8 nitrogen and oxygen atoms in total. The van der Waals surface area contributed by atoms with Crippen molar-refractivity contribution in [3.05, 3.63) is 29.2 Å². The van der Waals surface area contributed by atoms with E-state index < -0.39 is 11.7 Å². The van der Waals surface area contributed by atoms with Crippen LogP contribution in [0.4, 0.5) is 18.0 Å². The number of nitrogens with zero attached hydrogens (tertiary/aromatic N) is 6. The number of alkyl halides is 3. The van der Waals surface area contributed by atoms with Crippen molar-refractivity contribution in [1.29, 1.82) is 0 Å². The average molecular weight is 410 g/mol. The van der Waals surface area contributed by atoms with Crippen LogP contribution in [0.3, 0.4) is 0 Å². The first-order valence-corrected chi connectivity index (χ1v) is 9.76. The van der Waals surface area contributed by atoms with E-state index in [0.29, 0.717) is 30.8 Å². The molecule has 4 aliphatic heterocycles. The van der Waals surface area contributed by atoms with Gasteiger partial charge >= 0.3 is 12.2 Å². The third-order valence-electron chi connectivity index (χ3n) is 6.01. The fourth-order valence-corrected chi connectivity index (χ4v) is 4.41. The molecule has 0 unspecified atom stereocenters. The van der Waals surface area contributed by atoms with Gasteiger partial charge in [0.25, 0.3) is 0 Å². The monoisotopic (exact) mass is 410 g/mol. The molecule has 0 atom stereocenters. The number of halogens is 3. The Morgan fingerprint density at radius 2 is 1.97 bits per heavy atom. The van der Waals surface area contributed by atoms with Gasteiger partial charge in [0.15, 0.2) is 5.82 Å². The Morgan fingerprint density at radius 3 is 2.69 bits per heavy atom. The second-order valence-electron chi connectivity index (χ2n) is 7.68. The van der Waals surface area contributed by atoms with Gasteiger partial charge in [-0.15, -0.1) is 5.10 Å². The molecule has 2 bridgehead atoms. The standard InChI is InChI=1S/C18H21F3N6O2/c19-18(20,21)12-9-22-26(10-12)16-14-11-29-8-3-15(14)27(23-16)17(28)25-7-6-24-4-1-13(25)2-5-24/h9-10,13H,1-8,11H2. The molecule has 0 aromatic carbocycles. The molecule has 4 aliphatic rings. The Balaban J connectivity index is 1.52. The smallest absolute Gasteiger partial charge is 0.376 e. The largest absolute Gasteiger partial charge is 0.419 e. The molecular weight excluding hydrogens is 389 g/mol. The molecule has 29 heavy (non-hydrogen) atoms. The maximum atomic E-state index is 13.4. The molecule has 6 heterocycles. The molecule has 2 aromatic rings. The van der Waals surface area contributed by atoms with Crippen LogP contribution in [0.25, 0.3) is 5.82 Å². The highest BCUT2D eigenvalue weighted by Crippen LogP contribution is 2.31. The first-order valence-electron chi connectivity index (χ1n) is 9.76. The molecule has 11 heteroatoms. The van der Waals surface area contributed by atoms with Gasteiger partial charge in [0.05, 0.1) is 30.7 Å². The summed E-state index contributed by atoms with van der Waals surface area (Å²) in [6, 6.07) is -0.0442. The number of amides is 1. The van der Waals surface area contributed by atoms with Crippen LogP contribution in [0.15, 0.2) is 12.4 Å². The van der Waals surface area contributed by atoms with Gasteiger partial charge in [-0.25, -0.2) is 9.48 Å². The van der Waals surface area contributed by atoms with Gasteiger partial charge in [-0.3, -0.25) is 0 Å². The van der Waals surface area contributed by atoms with Crippen molar-refractivity contribution in [2.75, 3.05) is 32.8 Å². The molecule has 0 spiro atoms. The number of carbonyl (C=O) groups is 1. The molecule has 0 radical (unpaired) electrons. The fourth-order valence-electron chi connectivity index (χ4n) is 4.41. The van der Waals surface area contributed by atoms with Gasteiger partial charge in [-0.2, -0.15) is 23.0 Å². The third-order valence-corrected chi connectivity index (χ3v) is 6.01. The van der Waals surface area contributed by atoms with Crippen molar-refractivity contribution in [1.82, 2.24) is 29.4 Å². The van der Waals surface area contributed by atoms with Crippen LogP contribution in [0.2, 0.25) is 0 Å². The summed E-state index contributed by atoms with van der Waals surface area (Å²) in [6.45, 7) is 4.06. The van der Waals surface area contributed by atoms with Crippen LogP contribution >= 0.6 is 0 Å². The minimum Gasteiger partial charge on any atom is -0.376 e. The highest BCUT2D eigenvalue weighted by molar-refractivity contribution is 5.78. The lowest BCUT2D eigenvalue weighted by atomic mass is 10.1. The number of rotatable bonds is 1. The number of aromatic nitrogens is 4. The van der Waals surface area contributed by atoms with E-state index in [1.165, 1.54) is 4.68 Å². The number of fused-ring (bicyclic) bond motifs is 5. The number of ether oxygens (including phenoxy) is 1. The van der Waals surface area contributed by atoms with Gasteiger partial charge in [0, 0.05) is 50.4 Å². The highest BCUT2D eigenvalue weighted by atomic mass is 19.4. The average Bonchev–Trinajstić information content (AvgIpc) is 3.23. The van der Waals surface area contributed by atoms with Crippen LogP contribution in [-0.2, 0) is 23.9 Å². The number of hydrogen-bond donors (Lipinski definition) is 0. The van der Waals surface area contributed by atoms with E-state index in [-0.39, 0.29) is 24.5 Å². The van der Waals surface area contributed by atoms with E-state index in [9.17, 15) is 18.0 Å². The van der Waals surface area contributed by atoms with Crippen LogP contribution in [-0.4, -0.2) is 74.2 Å². The lowest BCUT2D eigenvalue weighted by Crippen LogP contribution is -2.44. The molecule has 6 rings (SSSR count). The topological polar surface area (TPSA) is 68.4 Å². The van der Waals surface area contributed by atoms with E-state index in [2.05, 4.69) is 15.1 Å². The number of piperidine rings is 1. The quantitative estimate of drug-likeness (QED) is 0.719. The molecule has 3 fully saturated rings. The number of carbonyl (C=O) groups excluding carboxylic acids is 1. The lowest BCUT2D eigenvalue weighted by Gasteiger charge is -2.31. The molecule has 0 aliphatic carbocycles. The van der Waals surface area contributed by atoms with Crippen molar-refractivity contribution >= 4 is 6.03 Å². The van der Waals surface area contributed by atoms with Crippen LogP contribution in [0.5, 0.6) is 0 Å². The maximum absolute atomic E-state index is 13.4. The fraction of sp³-hybridized carbons (Fsp3) is 0.611. The minimum absolute atomic E-state index is 0.172. The summed E-state index contributed by atoms with van der Waals surface area (Å²) in [5.41, 5.74) is 0.450. The van der Waals surface area contributed by atoms with Gasteiger partial charge in [-0.05, 0) is 12.8 Å². The van der Waals surface area contributed by atoms with E-state index in [4.69, 9.17) is 4.74 Å². The molecule has 3 saturated heterocycles. The molecule has 1 amide bonds. The third kappa shape index (κ3) is 3.21. The molecule has 0 saturated carbocycles. The summed E-state index contributed by atoms with van der Waals surface area (Å²) in [6.07, 6.45) is -0.496. The van der Waals surface area contributed by atoms with Crippen molar-refractivity contribution in [2.24, 2.45) is 0 Å². The second kappa shape index (κ2) is 6.84. The highest BCUT2D eigenvalue weighted by Gasteiger charge is 2.36. The van der Waals surface area contributed by atoms with Gasteiger partial charge in [0.1, 0.15) is 0 Å². The Kier molecular flexibility index (Phi) is 4.39. The Morgan fingerprint density at radius 1 is 1.17 bits per heavy atom. The van der Waals surface area contributed by atoms with E-state index >= 15 is 0 Å². The first-order chi connectivity index (χ1) is 13.9. The molecular formula is C18H21F3N6O2. The van der Waals surface area contributed by atoms with Crippen LogP contribution < -0.4 is 0 Å². The molecule has 2 aromatic heterocycles. The van der Waals surface area contributed by atoms with E-state index in [0.717, 1.165) is 49.6 Å². The van der Waals surface area contributed by atoms with Gasteiger partial charge in [-0.1, -0.05) is 0 Å². The summed E-state index contributed by atoms with van der Waals surface area (Å²) in [7, 11) is 0. The maximum Gasteiger partial charge on any atom is 0.419 e. The lowest BCUT2D eigenvalue weighted by molar-refractivity contribution is -0.137. The second-order valence-corrected chi connectivity index (χ2v) is 7.68. The Hall–Kier alpha value is -2.40. The van der Waals surface area contributed by atoms with E-state index in [1.807, 2.05) is 4.90 Å². The van der Waals surface area contributed by atoms with Crippen molar-refractivity contribution in [3.63, 3.8) is 0 Å². The zero-order valence-electron chi connectivity index (χ0n) is 15.7. The van der Waals surface area contributed by atoms with Crippen LogP contribution in [0.1, 0.15) is 29.7 Å². The van der Waals surface area contributed by atoms with Gasteiger partial charge in [0.2, 0.25) is 0 Å². The Bertz CT molecular complexity index is 929. The van der Waals surface area contributed by atoms with E-state index in [1.54, 1.807) is 0 Å². The van der Waals surface area contributed by atoms with Gasteiger partial charge < -0.3 is 14.5 Å². The summed E-state index contributed by atoms with van der Waals surface area (Å²) in [5, 5.41) is 8.24. The van der Waals surface area contributed by atoms with Crippen LogP contribution in [0, 0.1) is 0 Å². The molecule has 156 valence electrons. The summed E-state index contributed by atoms with van der Waals surface area (Å²) >= 11 is 0. The summed E-state index contributed by atoms with van der Waals surface area (Å²) < 4.78 is 46.9. The Labute approximate surface area is 164 Å². The zero-order chi connectivity index (χ0) is 20.2. The number of hydrogen-bond acceptors (Lipinski definition) is 5. The van der Waals surface area contributed by atoms with Crippen molar-refractivity contribution in [2.45, 2.75) is 38.1 Å².